The van der Waals surface area contributed by atoms with Crippen LogP contribution in [-0.4, -0.2) is 15.8 Å². The number of benzene rings is 2. The van der Waals surface area contributed by atoms with Crippen molar-refractivity contribution >= 4 is 11.7 Å². The quantitative estimate of drug-likeness (QED) is 0.760. The molecule has 1 aromatic heterocycles. The Morgan fingerprint density at radius 2 is 1.92 bits per heavy atom. The first-order chi connectivity index (χ1) is 12.0. The third-order valence-corrected chi connectivity index (χ3v) is 3.57. The molecule has 7 heteroatoms. The third kappa shape index (κ3) is 4.00. The molecule has 0 saturated heterocycles. The van der Waals surface area contributed by atoms with Gasteiger partial charge in [0.2, 0.25) is 0 Å². The number of carbonyl (C=O) groups excluding carboxylic acids is 1. The molecule has 3 aromatic rings. The molecule has 2 aromatic carbocycles. The van der Waals surface area contributed by atoms with Crippen LogP contribution in [0.3, 0.4) is 0 Å². The van der Waals surface area contributed by atoms with Crippen molar-refractivity contribution in [3.05, 3.63) is 71.9 Å². The second-order valence-electron chi connectivity index (χ2n) is 5.47. The summed E-state index contributed by atoms with van der Waals surface area (Å²) in [6, 6.07) is 12.0. The van der Waals surface area contributed by atoms with E-state index in [-0.39, 0.29) is 12.2 Å². The number of carbonyl (C=O) groups is 1. The predicted molar refractivity (Wildman–Crippen MR) is 90.9 cm³/mol. The number of urea groups is 1. The van der Waals surface area contributed by atoms with Crippen molar-refractivity contribution in [1.29, 1.82) is 0 Å². The van der Waals surface area contributed by atoms with Crippen LogP contribution in [-0.2, 0) is 13.6 Å². The smallest absolute Gasteiger partial charge is 0.319 e. The zero-order chi connectivity index (χ0) is 17.8. The highest BCUT2D eigenvalue weighted by atomic mass is 19.1. The van der Waals surface area contributed by atoms with Crippen LogP contribution in [0.1, 0.15) is 5.56 Å². The fraction of sp³-hybridized carbons (Fsp3) is 0.111. The van der Waals surface area contributed by atoms with Crippen LogP contribution in [0, 0.1) is 11.6 Å². The van der Waals surface area contributed by atoms with Crippen LogP contribution in [0.5, 0.6) is 0 Å². The second-order valence-corrected chi connectivity index (χ2v) is 5.47. The zero-order valence-corrected chi connectivity index (χ0v) is 13.5. The van der Waals surface area contributed by atoms with Crippen LogP contribution >= 0.6 is 0 Å². The minimum atomic E-state index is -0.832. The maximum Gasteiger partial charge on any atom is 0.319 e. The van der Waals surface area contributed by atoms with Gasteiger partial charge in [0.05, 0.1) is 11.4 Å². The van der Waals surface area contributed by atoms with Gasteiger partial charge in [0.25, 0.3) is 0 Å². The number of hydrogen-bond acceptors (Lipinski definition) is 2. The van der Waals surface area contributed by atoms with Gasteiger partial charge in [-0.2, -0.15) is 5.10 Å². The molecule has 25 heavy (non-hydrogen) atoms. The number of amides is 2. The monoisotopic (exact) mass is 342 g/mol. The van der Waals surface area contributed by atoms with Crippen LogP contribution < -0.4 is 10.6 Å². The van der Waals surface area contributed by atoms with Gasteiger partial charge < -0.3 is 10.6 Å². The molecule has 0 unspecified atom stereocenters. The molecule has 0 fully saturated rings. The predicted octanol–water partition coefficient (Wildman–Crippen LogP) is 3.69. The normalized spacial score (nSPS) is 10.5. The summed E-state index contributed by atoms with van der Waals surface area (Å²) in [4.78, 5) is 12.0. The van der Waals surface area contributed by atoms with E-state index in [9.17, 15) is 13.6 Å². The van der Waals surface area contributed by atoms with Crippen molar-refractivity contribution in [2.75, 3.05) is 5.32 Å². The van der Waals surface area contributed by atoms with Gasteiger partial charge in [0.15, 0.2) is 0 Å². The zero-order valence-electron chi connectivity index (χ0n) is 13.5. The largest absolute Gasteiger partial charge is 0.334 e. The van der Waals surface area contributed by atoms with E-state index in [2.05, 4.69) is 15.7 Å². The Balaban J connectivity index is 1.68. The topological polar surface area (TPSA) is 59.0 Å². The molecule has 0 bridgehead atoms. The Morgan fingerprint density at radius 3 is 2.64 bits per heavy atom. The molecule has 0 spiro atoms. The van der Waals surface area contributed by atoms with Crippen molar-refractivity contribution in [2.24, 2.45) is 7.05 Å². The minimum absolute atomic E-state index is 0.0895. The van der Waals surface area contributed by atoms with Gasteiger partial charge in [0.1, 0.15) is 11.6 Å². The first-order valence-electron chi connectivity index (χ1n) is 7.61. The van der Waals surface area contributed by atoms with Gasteiger partial charge in [-0.25, -0.2) is 13.6 Å². The SMILES string of the molecule is Cn1cc(CNC(=O)Nc2ccc(F)cc2F)c(-c2ccccc2)n1. The van der Waals surface area contributed by atoms with E-state index in [0.29, 0.717) is 6.07 Å². The highest BCUT2D eigenvalue weighted by molar-refractivity contribution is 5.89. The Morgan fingerprint density at radius 1 is 1.16 bits per heavy atom. The van der Waals surface area contributed by atoms with Gasteiger partial charge >= 0.3 is 6.03 Å². The maximum atomic E-state index is 13.6. The van der Waals surface area contributed by atoms with E-state index in [0.717, 1.165) is 22.9 Å². The van der Waals surface area contributed by atoms with Crippen molar-refractivity contribution < 1.29 is 13.6 Å². The van der Waals surface area contributed by atoms with Crippen LogP contribution in [0.4, 0.5) is 19.3 Å². The van der Waals surface area contributed by atoms with Crippen LogP contribution in [0.15, 0.2) is 54.7 Å². The lowest BCUT2D eigenvalue weighted by Crippen LogP contribution is -2.28. The fourth-order valence-corrected chi connectivity index (χ4v) is 2.44. The molecule has 0 aliphatic carbocycles. The van der Waals surface area contributed by atoms with E-state index in [1.165, 1.54) is 6.07 Å². The lowest BCUT2D eigenvalue weighted by atomic mass is 10.1. The van der Waals surface area contributed by atoms with E-state index in [1.807, 2.05) is 30.3 Å². The van der Waals surface area contributed by atoms with Crippen molar-refractivity contribution in [2.45, 2.75) is 6.54 Å². The van der Waals surface area contributed by atoms with E-state index in [1.54, 1.807) is 17.9 Å². The summed E-state index contributed by atoms with van der Waals surface area (Å²) in [5, 5.41) is 9.41. The summed E-state index contributed by atoms with van der Waals surface area (Å²) < 4.78 is 28.1. The van der Waals surface area contributed by atoms with E-state index in [4.69, 9.17) is 0 Å². The highest BCUT2D eigenvalue weighted by Gasteiger charge is 2.12. The summed E-state index contributed by atoms with van der Waals surface area (Å²) in [6.07, 6.45) is 1.81. The van der Waals surface area contributed by atoms with Crippen LogP contribution in [0.25, 0.3) is 11.3 Å². The first-order valence-corrected chi connectivity index (χ1v) is 7.61. The molecule has 0 radical (unpaired) electrons. The number of rotatable bonds is 4. The third-order valence-electron chi connectivity index (χ3n) is 3.57. The molecular weight excluding hydrogens is 326 g/mol. The maximum absolute atomic E-state index is 13.6. The average Bonchev–Trinajstić information content (AvgIpc) is 2.97. The number of aromatic nitrogens is 2. The lowest BCUT2D eigenvalue weighted by Gasteiger charge is -2.08. The Kier molecular flexibility index (Phi) is 4.74. The minimum Gasteiger partial charge on any atom is -0.334 e. The van der Waals surface area contributed by atoms with Crippen molar-refractivity contribution in [3.8, 4) is 11.3 Å². The molecule has 0 atom stereocenters. The van der Waals surface area contributed by atoms with Crippen molar-refractivity contribution in [3.63, 3.8) is 0 Å². The molecular formula is C18H16F2N4O. The van der Waals surface area contributed by atoms with Gasteiger partial charge in [0, 0.05) is 37.0 Å². The number of aryl methyl sites for hydroxylation is 1. The molecule has 2 N–H and O–H groups in total. The summed E-state index contributed by atoms with van der Waals surface area (Å²) in [5.74, 6) is -1.53. The van der Waals surface area contributed by atoms with Gasteiger partial charge in [-0.15, -0.1) is 0 Å². The molecule has 0 aliphatic heterocycles. The molecule has 3 rings (SSSR count). The summed E-state index contributed by atoms with van der Waals surface area (Å²) in [6.45, 7) is 0.215. The molecule has 0 saturated carbocycles. The lowest BCUT2D eigenvalue weighted by molar-refractivity contribution is 0.251. The fourth-order valence-electron chi connectivity index (χ4n) is 2.44. The molecule has 1 heterocycles. The number of hydrogen-bond donors (Lipinski definition) is 2. The first kappa shape index (κ1) is 16.6. The van der Waals surface area contributed by atoms with Gasteiger partial charge in [-0.05, 0) is 12.1 Å². The Hall–Kier alpha value is -3.22. The number of nitrogens with zero attached hydrogens (tertiary/aromatic N) is 2. The standard InChI is InChI=1S/C18H16F2N4O/c1-24-11-13(17(23-24)12-5-3-2-4-6-12)10-21-18(25)22-16-8-7-14(19)9-15(16)20/h2-9,11H,10H2,1H3,(H2,21,22,25). The summed E-state index contributed by atoms with van der Waals surface area (Å²) in [5.41, 5.74) is 2.43. The Bertz CT molecular complexity index is 893. The molecule has 0 aliphatic rings. The summed E-state index contributed by atoms with van der Waals surface area (Å²) >= 11 is 0. The molecule has 5 nitrogen and oxygen atoms in total. The van der Waals surface area contributed by atoms with Gasteiger partial charge in [-0.3, -0.25) is 4.68 Å². The van der Waals surface area contributed by atoms with E-state index >= 15 is 0 Å². The second kappa shape index (κ2) is 7.12. The van der Waals surface area contributed by atoms with Crippen LogP contribution in [0.2, 0.25) is 0 Å². The highest BCUT2D eigenvalue weighted by Crippen LogP contribution is 2.21. The molecule has 2 amide bonds. The number of halogens is 2. The Labute approximate surface area is 143 Å². The number of anilines is 1. The summed E-state index contributed by atoms with van der Waals surface area (Å²) in [7, 11) is 1.80. The average molecular weight is 342 g/mol. The van der Waals surface area contributed by atoms with Crippen molar-refractivity contribution in [1.82, 2.24) is 15.1 Å². The van der Waals surface area contributed by atoms with E-state index < -0.39 is 17.7 Å². The molecule has 128 valence electrons. The number of nitrogens with one attached hydrogen (secondary N) is 2. The van der Waals surface area contributed by atoms with Gasteiger partial charge in [-0.1, -0.05) is 30.3 Å².